The van der Waals surface area contributed by atoms with Crippen LogP contribution in [0, 0.1) is 0 Å². The Bertz CT molecular complexity index is 144. The summed E-state index contributed by atoms with van der Waals surface area (Å²) in [6.07, 6.45) is 0. The number of carbonyl (C=O) groups excluding carboxylic acids is 1. The molecule has 0 fully saturated rings. The van der Waals surface area contributed by atoms with E-state index in [2.05, 4.69) is 14.2 Å². The average Bonchev–Trinajstić information content (AvgIpc) is 2.39. The molecule has 0 radical (unpaired) electrons. The molecular weight excluding hydrogens is 1900 g/mol. The fourth-order valence-electron chi connectivity index (χ4n) is 0.0719. The van der Waals surface area contributed by atoms with Gasteiger partial charge in [-0.25, -0.2) is 0 Å². The molecule has 1 N–H and O–H groups in total. The van der Waals surface area contributed by atoms with Crippen molar-refractivity contribution in [3.8, 4) is 0 Å². The first-order valence-corrected chi connectivity index (χ1v) is 49.0. The molecule has 15 heavy (non-hydrogen) atoms. The average molecular weight is 1910 g/mol. The van der Waals surface area contributed by atoms with Gasteiger partial charge in [-0.1, -0.05) is 0 Å². The topological polar surface area (TPSA) is 29.1 Å². The Hall–Kier alpha value is 6.09. The first-order chi connectivity index (χ1) is 7.31. The van der Waals surface area contributed by atoms with Crippen molar-refractivity contribution in [2.45, 2.75) is 0 Å². The van der Waals surface area contributed by atoms with Crippen LogP contribution >= 0.6 is 0 Å². The molecular formula is C3HNOW10-2. The van der Waals surface area contributed by atoms with Crippen molar-refractivity contribution in [3.63, 3.8) is 0 Å². The van der Waals surface area contributed by atoms with E-state index in [9.17, 15) is 4.79 Å². The SMILES string of the molecule is O=C([C-]=[W])N[C-]=[W].[W]=[W].[W]=[W].[W]=[W].[W]=[W]. The number of nitrogens with one attached hydrogen (secondary N) is 1. The third kappa shape index (κ3) is 53.5. The molecule has 0 saturated carbocycles. The van der Waals surface area contributed by atoms with Gasteiger partial charge < -0.3 is 0 Å². The predicted octanol–water partition coefficient (Wildman–Crippen LogP) is -1.51. The van der Waals surface area contributed by atoms with Crippen molar-refractivity contribution in [1.29, 1.82) is 0 Å². The Balaban J connectivity index is -0.0000000353. The van der Waals surface area contributed by atoms with E-state index in [0.717, 1.165) is 38.7 Å². The Morgan fingerprint density at radius 1 is 0.800 bits per heavy atom. The summed E-state index contributed by atoms with van der Waals surface area (Å²) < 4.78 is 5.00. The number of hydrogen-bond donors (Lipinski definition) is 1. The van der Waals surface area contributed by atoms with Gasteiger partial charge in [0.25, 0.3) is 0 Å². The second-order valence-electron chi connectivity index (χ2n) is 0.658. The van der Waals surface area contributed by atoms with Crippen molar-refractivity contribution in [2.24, 2.45) is 0 Å². The molecule has 0 saturated heterocycles. The summed E-state index contributed by atoms with van der Waals surface area (Å²) in [5.74, 6) is -0.176. The summed E-state index contributed by atoms with van der Waals surface area (Å²) in [5.41, 5.74) is 0. The molecule has 12 heteroatoms. The summed E-state index contributed by atoms with van der Waals surface area (Å²) in [6, 6.07) is 0. The quantitative estimate of drug-likeness (QED) is 0.265. The first kappa shape index (κ1) is 32.9. The van der Waals surface area contributed by atoms with Crippen LogP contribution in [-0.4, -0.2) is 14.8 Å². The molecule has 86 valence electrons. The molecule has 0 aromatic rings. The van der Waals surface area contributed by atoms with Crippen LogP contribution in [0.3, 0.4) is 0 Å². The van der Waals surface area contributed by atoms with Crippen LogP contribution in [0.1, 0.15) is 0 Å². The summed E-state index contributed by atoms with van der Waals surface area (Å²) in [6.45, 7) is 0. The predicted molar refractivity (Wildman–Crippen MR) is 18.2 cm³/mol. The van der Waals surface area contributed by atoms with Crippen LogP contribution in [0.15, 0.2) is 0 Å². The van der Waals surface area contributed by atoms with Crippen LogP contribution in [0.25, 0.3) is 0 Å². The molecule has 0 bridgehead atoms. The number of rotatable bonds is 2. The minimum absolute atomic E-state index is 0.176. The van der Waals surface area contributed by atoms with E-state index in [1.54, 1.807) is 130 Å². The van der Waals surface area contributed by atoms with Crippen LogP contribution in [0.2, 0.25) is 0 Å². The van der Waals surface area contributed by atoms with Crippen molar-refractivity contribution in [3.05, 3.63) is 0 Å². The zero-order chi connectivity index (χ0) is 13.7. The maximum absolute atomic E-state index is 10.2. The minimum atomic E-state index is -0.176. The molecule has 0 spiro atoms. The van der Waals surface area contributed by atoms with Gasteiger partial charge >= 0.3 is 193 Å². The van der Waals surface area contributed by atoms with Gasteiger partial charge in [-0.15, -0.1) is 0 Å². The molecule has 1 amide bonds. The zero-order valence-corrected chi connectivity index (χ0v) is 35.8. The van der Waals surface area contributed by atoms with Crippen molar-refractivity contribution in [2.75, 3.05) is 0 Å². The van der Waals surface area contributed by atoms with Crippen molar-refractivity contribution >= 4 is 14.8 Å². The van der Waals surface area contributed by atoms with E-state index in [0.29, 0.717) is 0 Å². The molecule has 0 aromatic carbocycles. The Labute approximate surface area is 188 Å². The first-order valence-electron chi connectivity index (χ1n) is 2.03. The summed E-state index contributed by atoms with van der Waals surface area (Å²) in [4.78, 5) is 10.2. The van der Waals surface area contributed by atoms with Gasteiger partial charge in [-0.05, 0) is 0 Å². The Kier molecular flexibility index (Phi) is 110. The van der Waals surface area contributed by atoms with E-state index in [1.807, 2.05) is 0 Å². The third-order valence-corrected chi connectivity index (χ3v) is 1.29. The van der Waals surface area contributed by atoms with Gasteiger partial charge in [0, 0.05) is 0 Å². The second-order valence-corrected chi connectivity index (χ2v) is 2.12. The van der Waals surface area contributed by atoms with Crippen molar-refractivity contribution < 1.29 is 173 Å². The zero-order valence-electron chi connectivity index (χ0n) is 6.49. The maximum atomic E-state index is 10.2. The van der Waals surface area contributed by atoms with Gasteiger partial charge in [-0.3, -0.25) is 0 Å². The molecule has 0 aliphatic rings. The standard InChI is InChI=1S/C3HNO.10W/c1-3(5)4-2;;;;;;;;;;/h(H,4,5);;;;;;;;;;/q-2;;;;;;;;;;. The third-order valence-electron chi connectivity index (χ3n) is 0.257. The van der Waals surface area contributed by atoms with Gasteiger partial charge in [0.05, 0.1) is 0 Å². The van der Waals surface area contributed by atoms with Gasteiger partial charge in [-0.2, -0.15) is 0 Å². The van der Waals surface area contributed by atoms with Crippen LogP contribution in [-0.2, 0) is 173 Å². The summed E-state index contributed by atoms with van der Waals surface area (Å²) in [7, 11) is 0. The normalized spacial score (nSPS) is 4.27. The van der Waals surface area contributed by atoms with E-state index >= 15 is 0 Å². The van der Waals surface area contributed by atoms with Gasteiger partial charge in [0.2, 0.25) is 0 Å². The van der Waals surface area contributed by atoms with Crippen LogP contribution in [0.4, 0.5) is 0 Å². The molecule has 0 heterocycles. The fourth-order valence-corrected chi connectivity index (χ4v) is 0.588. The summed E-state index contributed by atoms with van der Waals surface area (Å²) >= 11 is 15.5. The van der Waals surface area contributed by atoms with Gasteiger partial charge in [0.15, 0.2) is 0 Å². The second kappa shape index (κ2) is 50.1. The molecule has 0 aromatic heterocycles. The Morgan fingerprint density at radius 3 is 1.13 bits per heavy atom. The van der Waals surface area contributed by atoms with Crippen LogP contribution < -0.4 is 5.32 Å². The van der Waals surface area contributed by atoms with Crippen molar-refractivity contribution in [1.82, 2.24) is 5.32 Å². The number of amides is 1. The van der Waals surface area contributed by atoms with E-state index < -0.39 is 0 Å². The summed E-state index contributed by atoms with van der Waals surface area (Å²) in [5, 5.41) is 2.35. The molecule has 0 aliphatic heterocycles. The number of hydrogen-bond acceptors (Lipinski definition) is 1. The van der Waals surface area contributed by atoms with E-state index in [1.165, 1.54) is 0 Å². The Morgan fingerprint density at radius 2 is 1.07 bits per heavy atom. The number of carbonyl (C=O) groups is 1. The monoisotopic (exact) mass is 1910 g/mol. The fraction of sp³-hybridized carbons (Fsp3) is 0. The van der Waals surface area contributed by atoms with E-state index in [4.69, 9.17) is 0 Å². The van der Waals surface area contributed by atoms with Gasteiger partial charge in [0.1, 0.15) is 0 Å². The van der Waals surface area contributed by atoms with Crippen LogP contribution in [0.5, 0.6) is 0 Å². The molecule has 2 nitrogen and oxygen atoms in total. The molecule has 0 rings (SSSR count). The molecule has 0 atom stereocenters. The van der Waals surface area contributed by atoms with E-state index in [-0.39, 0.29) is 5.91 Å². The molecule has 0 aliphatic carbocycles. The molecule has 0 unspecified atom stereocenters.